The maximum Gasteiger partial charge on any atom is 0.165 e. The third-order valence-electron chi connectivity index (χ3n) is 2.66. The molecule has 1 rings (SSSR count). The van der Waals surface area contributed by atoms with Crippen molar-refractivity contribution in [3.8, 4) is 5.75 Å². The highest BCUT2D eigenvalue weighted by Crippen LogP contribution is 2.18. The van der Waals surface area contributed by atoms with E-state index in [9.17, 15) is 4.39 Å². The fourth-order valence-electron chi connectivity index (χ4n) is 1.67. The largest absolute Gasteiger partial charge is 0.494 e. The van der Waals surface area contributed by atoms with E-state index in [1.54, 1.807) is 6.07 Å². The molecule has 1 atom stereocenters. The fourth-order valence-corrected chi connectivity index (χ4v) is 1.67. The van der Waals surface area contributed by atoms with Gasteiger partial charge in [0.05, 0.1) is 7.11 Å². The Morgan fingerprint density at radius 3 is 2.65 bits per heavy atom. The van der Waals surface area contributed by atoms with Crippen LogP contribution in [0.1, 0.15) is 12.0 Å². The second kappa shape index (κ2) is 6.57. The highest BCUT2D eigenvalue weighted by Gasteiger charge is 2.08. The van der Waals surface area contributed by atoms with Gasteiger partial charge >= 0.3 is 0 Å². The Morgan fingerprint density at radius 1 is 1.41 bits per heavy atom. The van der Waals surface area contributed by atoms with Crippen molar-refractivity contribution in [3.05, 3.63) is 29.6 Å². The van der Waals surface area contributed by atoms with E-state index >= 15 is 0 Å². The summed E-state index contributed by atoms with van der Waals surface area (Å²) in [6.07, 6.45) is 1.59. The van der Waals surface area contributed by atoms with Crippen molar-refractivity contribution in [1.82, 2.24) is 4.90 Å². The third-order valence-corrected chi connectivity index (χ3v) is 2.66. The summed E-state index contributed by atoms with van der Waals surface area (Å²) in [7, 11) is 5.49. The number of nitrogens with two attached hydrogens (primary N) is 1. The predicted octanol–water partition coefficient (Wildman–Crippen LogP) is 1.66. The van der Waals surface area contributed by atoms with Gasteiger partial charge in [0.1, 0.15) is 0 Å². The van der Waals surface area contributed by atoms with Gasteiger partial charge in [-0.15, -0.1) is 0 Å². The van der Waals surface area contributed by atoms with Crippen LogP contribution in [-0.4, -0.2) is 38.7 Å². The molecule has 0 aliphatic rings. The molecular formula is C13H21FN2O. The van der Waals surface area contributed by atoms with Crippen molar-refractivity contribution < 1.29 is 9.13 Å². The van der Waals surface area contributed by atoms with E-state index in [0.717, 1.165) is 18.5 Å². The van der Waals surface area contributed by atoms with Crippen LogP contribution in [0.15, 0.2) is 18.2 Å². The first-order valence-electron chi connectivity index (χ1n) is 5.75. The molecule has 0 aliphatic carbocycles. The molecule has 0 saturated carbocycles. The predicted molar refractivity (Wildman–Crippen MR) is 67.8 cm³/mol. The zero-order chi connectivity index (χ0) is 12.8. The van der Waals surface area contributed by atoms with E-state index in [0.29, 0.717) is 6.42 Å². The van der Waals surface area contributed by atoms with E-state index in [-0.39, 0.29) is 17.6 Å². The molecule has 0 fully saturated rings. The van der Waals surface area contributed by atoms with Crippen LogP contribution >= 0.6 is 0 Å². The van der Waals surface area contributed by atoms with E-state index in [4.69, 9.17) is 10.5 Å². The lowest BCUT2D eigenvalue weighted by Crippen LogP contribution is -2.28. The summed E-state index contributed by atoms with van der Waals surface area (Å²) in [6, 6.07) is 5.06. The quantitative estimate of drug-likeness (QED) is 0.822. The molecule has 0 radical (unpaired) electrons. The summed E-state index contributed by atoms with van der Waals surface area (Å²) in [6.45, 7) is 0.944. The summed E-state index contributed by atoms with van der Waals surface area (Å²) in [4.78, 5) is 2.09. The number of hydrogen-bond acceptors (Lipinski definition) is 3. The number of rotatable bonds is 6. The van der Waals surface area contributed by atoms with Gasteiger partial charge in [-0.2, -0.15) is 0 Å². The molecule has 17 heavy (non-hydrogen) atoms. The zero-order valence-corrected chi connectivity index (χ0v) is 10.7. The molecule has 1 aromatic carbocycles. The van der Waals surface area contributed by atoms with Crippen LogP contribution in [-0.2, 0) is 6.42 Å². The lowest BCUT2D eigenvalue weighted by Gasteiger charge is -2.15. The molecule has 1 unspecified atom stereocenters. The molecule has 2 N–H and O–H groups in total. The molecule has 0 amide bonds. The first-order chi connectivity index (χ1) is 8.02. The average molecular weight is 240 g/mol. The Bertz CT molecular complexity index is 355. The molecule has 0 aliphatic heterocycles. The first-order valence-corrected chi connectivity index (χ1v) is 5.75. The number of nitrogens with zero attached hydrogens (tertiary/aromatic N) is 1. The molecule has 96 valence electrons. The molecule has 0 heterocycles. The molecule has 4 heteroatoms. The summed E-state index contributed by atoms with van der Waals surface area (Å²) >= 11 is 0. The smallest absolute Gasteiger partial charge is 0.165 e. The van der Waals surface area contributed by atoms with Crippen molar-refractivity contribution in [2.24, 2.45) is 5.73 Å². The number of ether oxygens (including phenoxy) is 1. The van der Waals surface area contributed by atoms with E-state index < -0.39 is 0 Å². The lowest BCUT2D eigenvalue weighted by atomic mass is 10.0. The van der Waals surface area contributed by atoms with Gasteiger partial charge in [0.15, 0.2) is 11.6 Å². The normalized spacial score (nSPS) is 12.8. The minimum absolute atomic E-state index is 0.0604. The number of methoxy groups -OCH3 is 1. The Kier molecular flexibility index (Phi) is 5.38. The fraction of sp³-hybridized carbons (Fsp3) is 0.538. The summed E-state index contributed by atoms with van der Waals surface area (Å²) in [5.74, 6) is -0.0552. The summed E-state index contributed by atoms with van der Waals surface area (Å²) in [5, 5.41) is 0. The van der Waals surface area contributed by atoms with Crippen LogP contribution in [0.4, 0.5) is 4.39 Å². The second-order valence-corrected chi connectivity index (χ2v) is 4.53. The van der Waals surface area contributed by atoms with Crippen LogP contribution < -0.4 is 10.5 Å². The first kappa shape index (κ1) is 13.9. The van der Waals surface area contributed by atoms with Gasteiger partial charge in [-0.05, 0) is 51.2 Å². The van der Waals surface area contributed by atoms with Crippen LogP contribution in [0.3, 0.4) is 0 Å². The average Bonchev–Trinajstić information content (AvgIpc) is 2.26. The van der Waals surface area contributed by atoms with Crippen molar-refractivity contribution >= 4 is 0 Å². The Hall–Kier alpha value is -1.13. The third kappa shape index (κ3) is 4.71. The minimum Gasteiger partial charge on any atom is -0.494 e. The van der Waals surface area contributed by atoms with E-state index in [1.165, 1.54) is 13.2 Å². The van der Waals surface area contributed by atoms with E-state index in [2.05, 4.69) is 4.90 Å². The second-order valence-electron chi connectivity index (χ2n) is 4.53. The SMILES string of the molecule is COc1ccc(CC(N)CCN(C)C)cc1F. The van der Waals surface area contributed by atoms with Gasteiger partial charge < -0.3 is 15.4 Å². The van der Waals surface area contributed by atoms with Crippen molar-refractivity contribution in [2.45, 2.75) is 18.9 Å². The highest BCUT2D eigenvalue weighted by molar-refractivity contribution is 5.29. The molecule has 0 spiro atoms. The van der Waals surface area contributed by atoms with Gasteiger partial charge in [-0.3, -0.25) is 0 Å². The van der Waals surface area contributed by atoms with Crippen molar-refractivity contribution in [2.75, 3.05) is 27.7 Å². The Morgan fingerprint density at radius 2 is 2.12 bits per heavy atom. The molecule has 0 aromatic heterocycles. The molecule has 1 aromatic rings. The molecular weight excluding hydrogens is 219 g/mol. The maximum absolute atomic E-state index is 13.4. The van der Waals surface area contributed by atoms with Crippen LogP contribution in [0.5, 0.6) is 5.75 Å². The lowest BCUT2D eigenvalue weighted by molar-refractivity contribution is 0.378. The van der Waals surface area contributed by atoms with Crippen LogP contribution in [0, 0.1) is 5.82 Å². The Labute approximate surface area is 102 Å². The maximum atomic E-state index is 13.4. The molecule has 3 nitrogen and oxygen atoms in total. The highest BCUT2D eigenvalue weighted by atomic mass is 19.1. The standard InChI is InChI=1S/C13H21FN2O/c1-16(2)7-6-11(15)8-10-4-5-13(17-3)12(14)9-10/h4-5,9,11H,6-8,15H2,1-3H3. The van der Waals surface area contributed by atoms with Gasteiger partial charge in [-0.1, -0.05) is 6.07 Å². The number of benzene rings is 1. The summed E-state index contributed by atoms with van der Waals surface area (Å²) in [5.41, 5.74) is 6.91. The van der Waals surface area contributed by atoms with E-state index in [1.807, 2.05) is 20.2 Å². The van der Waals surface area contributed by atoms with Gasteiger partial charge in [0.25, 0.3) is 0 Å². The van der Waals surface area contributed by atoms with Crippen LogP contribution in [0.2, 0.25) is 0 Å². The zero-order valence-electron chi connectivity index (χ0n) is 10.7. The topological polar surface area (TPSA) is 38.5 Å². The number of hydrogen-bond donors (Lipinski definition) is 1. The van der Waals surface area contributed by atoms with Crippen molar-refractivity contribution in [3.63, 3.8) is 0 Å². The minimum atomic E-state index is -0.329. The number of halogens is 1. The molecule has 0 bridgehead atoms. The van der Waals surface area contributed by atoms with Gasteiger partial charge in [0.2, 0.25) is 0 Å². The van der Waals surface area contributed by atoms with Gasteiger partial charge in [-0.25, -0.2) is 4.39 Å². The van der Waals surface area contributed by atoms with Crippen LogP contribution in [0.25, 0.3) is 0 Å². The van der Waals surface area contributed by atoms with Crippen molar-refractivity contribution in [1.29, 1.82) is 0 Å². The molecule has 0 saturated heterocycles. The monoisotopic (exact) mass is 240 g/mol. The van der Waals surface area contributed by atoms with Gasteiger partial charge in [0, 0.05) is 6.04 Å². The summed E-state index contributed by atoms with van der Waals surface area (Å²) < 4.78 is 18.3. The Balaban J connectivity index is 2.53.